The summed E-state index contributed by atoms with van der Waals surface area (Å²) in [4.78, 5) is 8.41. The van der Waals surface area contributed by atoms with Crippen LogP contribution in [-0.2, 0) is 4.74 Å². The maximum atomic E-state index is 5.97. The molecule has 1 unspecified atom stereocenters. The van der Waals surface area contributed by atoms with Crippen molar-refractivity contribution >= 4 is 29.0 Å². The number of nitrogens with one attached hydrogen (secondary N) is 1. The Kier molecular flexibility index (Phi) is 5.79. The van der Waals surface area contributed by atoms with E-state index < -0.39 is 0 Å². The van der Waals surface area contributed by atoms with Crippen molar-refractivity contribution < 1.29 is 4.74 Å². The van der Waals surface area contributed by atoms with Gasteiger partial charge in [-0.2, -0.15) is 0 Å². The molecule has 1 aromatic carbocycles. The van der Waals surface area contributed by atoms with Gasteiger partial charge in [0.15, 0.2) is 0 Å². The first kappa shape index (κ1) is 16.0. The summed E-state index contributed by atoms with van der Waals surface area (Å²) in [5.74, 6) is 1.33. The summed E-state index contributed by atoms with van der Waals surface area (Å²) < 4.78 is 5.18. The van der Waals surface area contributed by atoms with Crippen LogP contribution in [0.3, 0.4) is 0 Å². The number of hydrogen-bond donors (Lipinski definition) is 1. The molecule has 0 amide bonds. The molecule has 0 saturated heterocycles. The van der Waals surface area contributed by atoms with Crippen molar-refractivity contribution in [2.24, 2.45) is 0 Å². The van der Waals surface area contributed by atoms with Gasteiger partial charge in [0.2, 0.25) is 0 Å². The van der Waals surface area contributed by atoms with Crippen molar-refractivity contribution in [3.05, 3.63) is 51.9 Å². The van der Waals surface area contributed by atoms with Crippen LogP contribution in [0.4, 0.5) is 5.82 Å². The summed E-state index contributed by atoms with van der Waals surface area (Å²) >= 11 is 11.9. The molecule has 1 N–H and O–H groups in total. The number of anilines is 1. The molecule has 1 aromatic heterocycles. The number of ether oxygens (including phenoxy) is 1. The number of halogens is 2. The Labute approximate surface area is 134 Å². The SMILES string of the molecule is COCCC(Nc1cc(Cl)nc(C)n1)c1ccc(Cl)cc1. The standard InChI is InChI=1S/C15H17Cl2N3O/c1-10-18-14(17)9-15(19-10)20-13(7-8-21-2)11-3-5-12(16)6-4-11/h3-6,9,13H,7-8H2,1-2H3,(H,18,19,20). The van der Waals surface area contributed by atoms with E-state index in [2.05, 4.69) is 15.3 Å². The zero-order valence-corrected chi connectivity index (χ0v) is 13.4. The minimum atomic E-state index is 0.0626. The van der Waals surface area contributed by atoms with Crippen LogP contribution >= 0.6 is 23.2 Å². The maximum absolute atomic E-state index is 5.97. The van der Waals surface area contributed by atoms with Crippen LogP contribution in [0.5, 0.6) is 0 Å². The van der Waals surface area contributed by atoms with Crippen LogP contribution in [0.1, 0.15) is 23.9 Å². The van der Waals surface area contributed by atoms with Crippen molar-refractivity contribution in [3.8, 4) is 0 Å². The zero-order chi connectivity index (χ0) is 15.2. The Morgan fingerprint density at radius 3 is 2.52 bits per heavy atom. The first-order valence-electron chi connectivity index (χ1n) is 6.60. The lowest BCUT2D eigenvalue weighted by atomic mass is 10.0. The quantitative estimate of drug-likeness (QED) is 0.805. The van der Waals surface area contributed by atoms with E-state index in [0.717, 1.165) is 12.0 Å². The second-order valence-corrected chi connectivity index (χ2v) is 5.48. The third-order valence-electron chi connectivity index (χ3n) is 3.01. The molecule has 1 atom stereocenters. The fourth-order valence-corrected chi connectivity index (χ4v) is 2.39. The largest absolute Gasteiger partial charge is 0.385 e. The minimum Gasteiger partial charge on any atom is -0.385 e. The fraction of sp³-hybridized carbons (Fsp3) is 0.333. The molecule has 0 aliphatic carbocycles. The second-order valence-electron chi connectivity index (χ2n) is 4.65. The lowest BCUT2D eigenvalue weighted by Crippen LogP contribution is -2.14. The Balaban J connectivity index is 2.21. The van der Waals surface area contributed by atoms with E-state index in [4.69, 9.17) is 27.9 Å². The van der Waals surface area contributed by atoms with Crippen LogP contribution in [0.2, 0.25) is 10.2 Å². The number of hydrogen-bond acceptors (Lipinski definition) is 4. The van der Waals surface area contributed by atoms with Crippen LogP contribution in [0.15, 0.2) is 30.3 Å². The molecule has 1 heterocycles. The van der Waals surface area contributed by atoms with E-state index in [-0.39, 0.29) is 6.04 Å². The lowest BCUT2D eigenvalue weighted by Gasteiger charge is -2.20. The third kappa shape index (κ3) is 4.84. The monoisotopic (exact) mass is 325 g/mol. The molecule has 0 radical (unpaired) electrons. The normalized spacial score (nSPS) is 12.2. The molecule has 4 nitrogen and oxygen atoms in total. The van der Waals surface area contributed by atoms with Crippen molar-refractivity contribution in [3.63, 3.8) is 0 Å². The van der Waals surface area contributed by atoms with E-state index in [0.29, 0.717) is 28.4 Å². The Morgan fingerprint density at radius 1 is 1.19 bits per heavy atom. The first-order chi connectivity index (χ1) is 10.1. The van der Waals surface area contributed by atoms with E-state index in [1.54, 1.807) is 13.2 Å². The topological polar surface area (TPSA) is 47.0 Å². The molecular weight excluding hydrogens is 309 g/mol. The Morgan fingerprint density at radius 2 is 1.90 bits per heavy atom. The number of aromatic nitrogens is 2. The highest BCUT2D eigenvalue weighted by Gasteiger charge is 2.13. The molecular formula is C15H17Cl2N3O. The molecule has 0 fully saturated rings. The number of aryl methyl sites for hydroxylation is 1. The third-order valence-corrected chi connectivity index (χ3v) is 3.46. The second kappa shape index (κ2) is 7.59. The van der Waals surface area contributed by atoms with Gasteiger partial charge in [0.1, 0.15) is 16.8 Å². The molecule has 0 saturated carbocycles. The number of methoxy groups -OCH3 is 1. The zero-order valence-electron chi connectivity index (χ0n) is 11.9. The van der Waals surface area contributed by atoms with Gasteiger partial charge in [-0.05, 0) is 31.0 Å². The molecule has 6 heteroatoms. The Hall–Kier alpha value is -1.36. The van der Waals surface area contributed by atoms with Gasteiger partial charge in [0.05, 0.1) is 6.04 Å². The summed E-state index contributed by atoms with van der Waals surface area (Å²) in [5.41, 5.74) is 1.11. The van der Waals surface area contributed by atoms with Gasteiger partial charge >= 0.3 is 0 Å². The summed E-state index contributed by atoms with van der Waals surface area (Å²) in [6.45, 7) is 2.45. The molecule has 0 aliphatic rings. The molecule has 0 spiro atoms. The van der Waals surface area contributed by atoms with Gasteiger partial charge < -0.3 is 10.1 Å². The molecule has 112 valence electrons. The van der Waals surface area contributed by atoms with Gasteiger partial charge in [0, 0.05) is 24.8 Å². The molecule has 0 aliphatic heterocycles. The van der Waals surface area contributed by atoms with Crippen LogP contribution in [0, 0.1) is 6.92 Å². The van der Waals surface area contributed by atoms with Crippen LogP contribution in [-0.4, -0.2) is 23.7 Å². The van der Waals surface area contributed by atoms with E-state index in [1.807, 2.05) is 31.2 Å². The molecule has 2 aromatic rings. The van der Waals surface area contributed by atoms with Gasteiger partial charge in [-0.3, -0.25) is 0 Å². The summed E-state index contributed by atoms with van der Waals surface area (Å²) in [5, 5.41) is 4.51. The van der Waals surface area contributed by atoms with Gasteiger partial charge in [-0.15, -0.1) is 0 Å². The summed E-state index contributed by atoms with van der Waals surface area (Å²) in [6, 6.07) is 9.50. The number of rotatable bonds is 6. The smallest absolute Gasteiger partial charge is 0.134 e. The minimum absolute atomic E-state index is 0.0626. The average Bonchev–Trinajstić information content (AvgIpc) is 2.43. The van der Waals surface area contributed by atoms with Gasteiger partial charge in [-0.25, -0.2) is 9.97 Å². The van der Waals surface area contributed by atoms with Crippen molar-refractivity contribution in [2.45, 2.75) is 19.4 Å². The van der Waals surface area contributed by atoms with Gasteiger partial charge in [-0.1, -0.05) is 35.3 Å². The Bertz CT molecular complexity index is 570. The van der Waals surface area contributed by atoms with Crippen LogP contribution in [0.25, 0.3) is 0 Å². The molecule has 21 heavy (non-hydrogen) atoms. The average molecular weight is 326 g/mol. The van der Waals surface area contributed by atoms with Crippen molar-refractivity contribution in [1.29, 1.82) is 0 Å². The van der Waals surface area contributed by atoms with E-state index >= 15 is 0 Å². The molecule has 2 rings (SSSR count). The fourth-order valence-electron chi connectivity index (χ4n) is 2.04. The highest BCUT2D eigenvalue weighted by Crippen LogP contribution is 2.24. The van der Waals surface area contributed by atoms with Gasteiger partial charge in [0.25, 0.3) is 0 Å². The highest BCUT2D eigenvalue weighted by molar-refractivity contribution is 6.30. The first-order valence-corrected chi connectivity index (χ1v) is 7.36. The van der Waals surface area contributed by atoms with E-state index in [9.17, 15) is 0 Å². The molecule has 0 bridgehead atoms. The lowest BCUT2D eigenvalue weighted by molar-refractivity contribution is 0.190. The maximum Gasteiger partial charge on any atom is 0.134 e. The number of benzene rings is 1. The van der Waals surface area contributed by atoms with Crippen molar-refractivity contribution in [2.75, 3.05) is 19.0 Å². The summed E-state index contributed by atoms with van der Waals surface area (Å²) in [7, 11) is 1.69. The predicted octanol–water partition coefficient (Wildman–Crippen LogP) is 4.28. The summed E-state index contributed by atoms with van der Waals surface area (Å²) in [6.07, 6.45) is 0.804. The predicted molar refractivity (Wildman–Crippen MR) is 86.1 cm³/mol. The highest BCUT2D eigenvalue weighted by atomic mass is 35.5. The van der Waals surface area contributed by atoms with Crippen LogP contribution < -0.4 is 5.32 Å². The number of nitrogens with zero attached hydrogens (tertiary/aromatic N) is 2. The van der Waals surface area contributed by atoms with E-state index in [1.165, 1.54) is 0 Å². The van der Waals surface area contributed by atoms with Crippen molar-refractivity contribution in [1.82, 2.24) is 9.97 Å².